The normalized spacial score (nSPS) is 20.8. The van der Waals surface area contributed by atoms with Gasteiger partial charge in [-0.15, -0.1) is 11.3 Å². The Hall–Kier alpha value is -2.40. The number of aryl methyl sites for hydroxylation is 2. The van der Waals surface area contributed by atoms with Crippen LogP contribution in [0.2, 0.25) is 0 Å². The SMILES string of the molecule is Cc1ccc(C)c(N2C(=O)C(c3cccs3)=C(N3CCCC(C)C3)C2=O)c1. The molecule has 1 aromatic heterocycles. The Bertz CT molecular complexity index is 930. The van der Waals surface area contributed by atoms with Crippen LogP contribution in [0.4, 0.5) is 5.69 Å². The molecule has 1 saturated heterocycles. The van der Waals surface area contributed by atoms with E-state index >= 15 is 0 Å². The summed E-state index contributed by atoms with van der Waals surface area (Å²) in [5.74, 6) is 0.129. The first-order chi connectivity index (χ1) is 13.0. The molecule has 0 aliphatic carbocycles. The molecule has 1 aromatic carbocycles. The van der Waals surface area contributed by atoms with Gasteiger partial charge in [-0.05, 0) is 61.2 Å². The number of piperidine rings is 1. The first-order valence-corrected chi connectivity index (χ1v) is 10.3. The second-order valence-electron chi connectivity index (χ2n) is 7.63. The zero-order valence-electron chi connectivity index (χ0n) is 16.0. The van der Waals surface area contributed by atoms with E-state index in [-0.39, 0.29) is 11.8 Å². The van der Waals surface area contributed by atoms with Crippen molar-refractivity contribution in [3.63, 3.8) is 0 Å². The van der Waals surface area contributed by atoms with E-state index in [1.54, 1.807) is 0 Å². The summed E-state index contributed by atoms with van der Waals surface area (Å²) in [7, 11) is 0. The number of thiophene rings is 1. The van der Waals surface area contributed by atoms with Gasteiger partial charge in [0.05, 0.1) is 11.3 Å². The van der Waals surface area contributed by atoms with Gasteiger partial charge in [0.1, 0.15) is 5.70 Å². The molecule has 140 valence electrons. The number of likely N-dealkylation sites (tertiary alicyclic amines) is 1. The molecule has 0 saturated carbocycles. The number of imide groups is 1. The predicted molar refractivity (Wildman–Crippen MR) is 110 cm³/mol. The molecule has 1 atom stereocenters. The molecule has 2 aliphatic rings. The van der Waals surface area contributed by atoms with Crippen LogP contribution in [0.5, 0.6) is 0 Å². The number of carbonyl (C=O) groups is 2. The maximum Gasteiger partial charge on any atom is 0.282 e. The number of rotatable bonds is 3. The lowest BCUT2D eigenvalue weighted by molar-refractivity contribution is -0.120. The Morgan fingerprint density at radius 3 is 2.63 bits per heavy atom. The van der Waals surface area contributed by atoms with Crippen molar-refractivity contribution in [1.29, 1.82) is 0 Å². The number of hydrogen-bond donors (Lipinski definition) is 0. The van der Waals surface area contributed by atoms with Crippen molar-refractivity contribution in [3.8, 4) is 0 Å². The molecule has 4 rings (SSSR count). The van der Waals surface area contributed by atoms with Crippen LogP contribution in [0.1, 0.15) is 35.8 Å². The Morgan fingerprint density at radius 1 is 1.11 bits per heavy atom. The number of anilines is 1. The van der Waals surface area contributed by atoms with Crippen molar-refractivity contribution in [2.75, 3.05) is 18.0 Å². The molecule has 1 unspecified atom stereocenters. The zero-order valence-corrected chi connectivity index (χ0v) is 16.8. The van der Waals surface area contributed by atoms with Gasteiger partial charge in [0.15, 0.2) is 0 Å². The van der Waals surface area contributed by atoms with E-state index < -0.39 is 0 Å². The summed E-state index contributed by atoms with van der Waals surface area (Å²) in [5, 5.41) is 1.96. The first kappa shape index (κ1) is 18.0. The third-order valence-corrected chi connectivity index (χ3v) is 6.29. The predicted octanol–water partition coefficient (Wildman–Crippen LogP) is 4.38. The number of hydrogen-bond acceptors (Lipinski definition) is 4. The van der Waals surface area contributed by atoms with E-state index in [0.29, 0.717) is 22.9 Å². The highest BCUT2D eigenvalue weighted by Gasteiger charge is 2.43. The number of nitrogens with zero attached hydrogens (tertiary/aromatic N) is 2. The van der Waals surface area contributed by atoms with Crippen molar-refractivity contribution in [2.24, 2.45) is 5.92 Å². The Kier molecular flexibility index (Phi) is 4.64. The fourth-order valence-corrected chi connectivity index (χ4v) is 4.79. The summed E-state index contributed by atoms with van der Waals surface area (Å²) >= 11 is 1.51. The summed E-state index contributed by atoms with van der Waals surface area (Å²) in [6, 6.07) is 9.77. The summed E-state index contributed by atoms with van der Waals surface area (Å²) in [6.45, 7) is 7.79. The quantitative estimate of drug-likeness (QED) is 0.742. The summed E-state index contributed by atoms with van der Waals surface area (Å²) in [4.78, 5) is 31.3. The van der Waals surface area contributed by atoms with Crippen LogP contribution < -0.4 is 4.90 Å². The maximum atomic E-state index is 13.5. The fraction of sp³-hybridized carbons (Fsp3) is 0.364. The smallest absolute Gasteiger partial charge is 0.282 e. The Morgan fingerprint density at radius 2 is 1.93 bits per heavy atom. The molecular weight excluding hydrogens is 356 g/mol. The molecule has 2 aliphatic heterocycles. The second-order valence-corrected chi connectivity index (χ2v) is 8.58. The molecule has 27 heavy (non-hydrogen) atoms. The molecule has 2 aromatic rings. The van der Waals surface area contributed by atoms with E-state index in [2.05, 4.69) is 11.8 Å². The average Bonchev–Trinajstić information content (AvgIpc) is 3.24. The summed E-state index contributed by atoms with van der Waals surface area (Å²) in [5.41, 5.74) is 3.80. The van der Waals surface area contributed by atoms with E-state index in [9.17, 15) is 9.59 Å². The van der Waals surface area contributed by atoms with Gasteiger partial charge in [0.25, 0.3) is 11.8 Å². The lowest BCUT2D eigenvalue weighted by Gasteiger charge is -2.33. The van der Waals surface area contributed by atoms with Crippen molar-refractivity contribution in [1.82, 2.24) is 4.90 Å². The average molecular weight is 381 g/mol. The van der Waals surface area contributed by atoms with Crippen LogP contribution in [0, 0.1) is 19.8 Å². The van der Waals surface area contributed by atoms with Crippen LogP contribution >= 0.6 is 11.3 Å². The van der Waals surface area contributed by atoms with Crippen molar-refractivity contribution >= 4 is 34.4 Å². The molecule has 4 nitrogen and oxygen atoms in total. The van der Waals surface area contributed by atoms with Crippen molar-refractivity contribution in [2.45, 2.75) is 33.6 Å². The van der Waals surface area contributed by atoms with Gasteiger partial charge in [-0.2, -0.15) is 0 Å². The molecule has 0 radical (unpaired) electrons. The van der Waals surface area contributed by atoms with E-state index in [4.69, 9.17) is 0 Å². The van der Waals surface area contributed by atoms with Gasteiger partial charge < -0.3 is 4.90 Å². The molecular formula is C22H24N2O2S. The van der Waals surface area contributed by atoms with Crippen LogP contribution in [-0.4, -0.2) is 29.8 Å². The minimum Gasteiger partial charge on any atom is -0.366 e. The molecule has 0 N–H and O–H groups in total. The van der Waals surface area contributed by atoms with Crippen LogP contribution in [-0.2, 0) is 9.59 Å². The fourth-order valence-electron chi connectivity index (χ4n) is 4.03. The van der Waals surface area contributed by atoms with Gasteiger partial charge in [-0.25, -0.2) is 4.90 Å². The van der Waals surface area contributed by atoms with Gasteiger partial charge in [0.2, 0.25) is 0 Å². The minimum atomic E-state index is -0.204. The molecule has 1 fully saturated rings. The number of carbonyl (C=O) groups excluding carboxylic acids is 2. The lowest BCUT2D eigenvalue weighted by atomic mass is 9.99. The van der Waals surface area contributed by atoms with E-state index in [1.165, 1.54) is 22.7 Å². The van der Waals surface area contributed by atoms with Gasteiger partial charge >= 0.3 is 0 Å². The highest BCUT2D eigenvalue weighted by molar-refractivity contribution is 7.11. The van der Waals surface area contributed by atoms with Gasteiger partial charge in [-0.3, -0.25) is 9.59 Å². The highest BCUT2D eigenvalue weighted by atomic mass is 32.1. The molecule has 0 bridgehead atoms. The topological polar surface area (TPSA) is 40.6 Å². The number of amides is 2. The monoisotopic (exact) mass is 380 g/mol. The minimum absolute atomic E-state index is 0.189. The standard InChI is InChI=1S/C22H24N2O2S/c1-14-8-9-16(3)17(12-14)24-21(25)19(18-7-5-11-27-18)20(22(24)26)23-10-4-6-15(2)13-23/h5,7-9,11-12,15H,4,6,10,13H2,1-3H3. The van der Waals surface area contributed by atoms with E-state index in [0.717, 1.165) is 35.5 Å². The third-order valence-electron chi connectivity index (χ3n) is 5.41. The summed E-state index contributed by atoms with van der Waals surface area (Å²) < 4.78 is 0. The third kappa shape index (κ3) is 3.10. The molecule has 3 heterocycles. The van der Waals surface area contributed by atoms with Crippen LogP contribution in [0.3, 0.4) is 0 Å². The lowest BCUT2D eigenvalue weighted by Crippen LogP contribution is -2.39. The number of benzene rings is 1. The molecule has 0 spiro atoms. The van der Waals surface area contributed by atoms with Gasteiger partial charge in [0, 0.05) is 18.0 Å². The largest absolute Gasteiger partial charge is 0.366 e. The zero-order chi connectivity index (χ0) is 19.1. The van der Waals surface area contributed by atoms with Gasteiger partial charge in [-0.1, -0.05) is 25.1 Å². The first-order valence-electron chi connectivity index (χ1n) is 9.46. The maximum absolute atomic E-state index is 13.5. The Balaban J connectivity index is 1.83. The van der Waals surface area contributed by atoms with Crippen molar-refractivity contribution in [3.05, 3.63) is 57.4 Å². The van der Waals surface area contributed by atoms with Crippen LogP contribution in [0.25, 0.3) is 5.57 Å². The molecule has 2 amide bonds. The van der Waals surface area contributed by atoms with Crippen molar-refractivity contribution < 1.29 is 9.59 Å². The van der Waals surface area contributed by atoms with Crippen LogP contribution in [0.15, 0.2) is 41.4 Å². The summed E-state index contributed by atoms with van der Waals surface area (Å²) in [6.07, 6.45) is 2.22. The second kappa shape index (κ2) is 6.97. The molecule has 5 heteroatoms. The Labute approximate surface area is 164 Å². The highest BCUT2D eigenvalue weighted by Crippen LogP contribution is 2.38. The van der Waals surface area contributed by atoms with E-state index in [1.807, 2.05) is 49.6 Å².